The molecule has 0 aliphatic carbocycles. The second-order valence-corrected chi connectivity index (χ2v) is 3.50. The summed E-state index contributed by atoms with van der Waals surface area (Å²) >= 11 is 1.00. The van der Waals surface area contributed by atoms with Gasteiger partial charge in [0.25, 0.3) is 5.97 Å². The van der Waals surface area contributed by atoms with Crippen molar-refractivity contribution in [2.24, 2.45) is 0 Å². The maximum Gasteiger partial charge on any atom is 0.279 e. The number of carbonyl (C=O) groups is 2. The molecule has 0 aliphatic heterocycles. The zero-order chi connectivity index (χ0) is 10.7. The van der Waals surface area contributed by atoms with E-state index in [-0.39, 0.29) is 43.5 Å². The van der Waals surface area contributed by atoms with Gasteiger partial charge in [-0.2, -0.15) is 6.07 Å². The van der Waals surface area contributed by atoms with E-state index in [1.54, 1.807) is 6.92 Å². The van der Waals surface area contributed by atoms with Crippen molar-refractivity contribution in [2.75, 3.05) is 11.4 Å². The van der Waals surface area contributed by atoms with Gasteiger partial charge in [0.2, 0.25) is 5.91 Å². The van der Waals surface area contributed by atoms with Crippen LogP contribution in [0.2, 0.25) is 0 Å². The van der Waals surface area contributed by atoms with Crippen LogP contribution in [0.3, 0.4) is 0 Å². The molecule has 1 rings (SSSR count). The predicted molar refractivity (Wildman–Crippen MR) is 53.8 cm³/mol. The Bertz CT molecular complexity index is 364. The van der Waals surface area contributed by atoms with E-state index in [4.69, 9.17) is 5.11 Å². The van der Waals surface area contributed by atoms with Crippen LogP contribution in [0.25, 0.3) is 0 Å². The standard InChI is InChI=1S/C9H10NO3S.Y/c1-3-10(6(2)11)7-4-5-14-8(7)9(12)13;/h4H,3H2,1-2H3,(H,12,13);/q-1;. The predicted octanol–water partition coefficient (Wildman–Crippen LogP) is 1.62. The molecule has 15 heavy (non-hydrogen) atoms. The third kappa shape index (κ3) is 3.36. The van der Waals surface area contributed by atoms with E-state index in [0.29, 0.717) is 12.2 Å². The Hall–Kier alpha value is -0.256. The van der Waals surface area contributed by atoms with Crippen LogP contribution >= 0.6 is 11.3 Å². The molecule has 0 saturated heterocycles. The molecule has 1 aromatic rings. The number of carbonyl (C=O) groups excluding carboxylic acids is 1. The van der Waals surface area contributed by atoms with Crippen LogP contribution < -0.4 is 4.90 Å². The summed E-state index contributed by atoms with van der Waals surface area (Å²) in [6.07, 6.45) is 0. The first kappa shape index (κ1) is 14.7. The first-order valence-electron chi connectivity index (χ1n) is 4.09. The monoisotopic (exact) mass is 301 g/mol. The number of thiophene rings is 1. The zero-order valence-corrected chi connectivity index (χ0v) is 12.1. The molecule has 0 atom stereocenters. The molecule has 79 valence electrons. The Labute approximate surface area is 117 Å². The normalized spacial score (nSPS) is 9.20. The average molecular weight is 301 g/mol. The maximum absolute atomic E-state index is 11.2. The van der Waals surface area contributed by atoms with E-state index in [2.05, 4.69) is 5.38 Å². The Morgan fingerprint density at radius 2 is 2.20 bits per heavy atom. The Kier molecular flexibility index (Phi) is 6.24. The zero-order valence-electron chi connectivity index (χ0n) is 8.48. The quantitative estimate of drug-likeness (QED) is 0.863. The third-order valence-corrected chi connectivity index (χ3v) is 2.59. The summed E-state index contributed by atoms with van der Waals surface area (Å²) in [5, 5.41) is 11.5. The van der Waals surface area contributed by atoms with E-state index in [0.717, 1.165) is 11.3 Å². The summed E-state index contributed by atoms with van der Waals surface area (Å²) < 4.78 is 0. The summed E-state index contributed by atoms with van der Waals surface area (Å²) in [7, 11) is 0. The Balaban J connectivity index is 0.00000196. The molecular weight excluding hydrogens is 291 g/mol. The van der Waals surface area contributed by atoms with Gasteiger partial charge in [0.15, 0.2) is 0 Å². The number of aromatic carboxylic acids is 1. The summed E-state index contributed by atoms with van der Waals surface area (Å²) in [4.78, 5) is 23.5. The summed E-state index contributed by atoms with van der Waals surface area (Å²) in [5.41, 5.74) is 0.428. The summed E-state index contributed by atoms with van der Waals surface area (Å²) in [6.45, 7) is 3.66. The molecule has 0 spiro atoms. The fourth-order valence-electron chi connectivity index (χ4n) is 1.18. The molecule has 0 fully saturated rings. The SMILES string of the molecule is CCN(C(C)=O)c1c[c-]sc1C(=O)O.[Y]. The molecule has 6 heteroatoms. The van der Waals surface area contributed by atoms with Crippen LogP contribution in [0.4, 0.5) is 5.69 Å². The van der Waals surface area contributed by atoms with Crippen molar-refractivity contribution in [1.82, 2.24) is 0 Å². The number of amides is 1. The van der Waals surface area contributed by atoms with Crippen molar-refractivity contribution in [1.29, 1.82) is 0 Å². The van der Waals surface area contributed by atoms with E-state index in [9.17, 15) is 9.59 Å². The maximum atomic E-state index is 11.2. The smallest absolute Gasteiger partial charge is 0.279 e. The molecule has 1 N–H and O–H groups in total. The van der Waals surface area contributed by atoms with Gasteiger partial charge in [0.05, 0.1) is 0 Å². The van der Waals surface area contributed by atoms with Gasteiger partial charge in [0, 0.05) is 46.2 Å². The first-order valence-corrected chi connectivity index (χ1v) is 4.90. The first-order chi connectivity index (χ1) is 6.57. The molecule has 0 bridgehead atoms. The number of carboxylic acids is 1. The van der Waals surface area contributed by atoms with Gasteiger partial charge in [-0.25, -0.2) is 0 Å². The number of hydrogen-bond acceptors (Lipinski definition) is 3. The molecule has 0 aromatic carbocycles. The van der Waals surface area contributed by atoms with Gasteiger partial charge in [-0.3, -0.25) is 20.9 Å². The minimum Gasteiger partial charge on any atom is -0.487 e. The number of carboxylic acid groups (broad SMARTS) is 1. The van der Waals surface area contributed by atoms with Gasteiger partial charge in [-0.05, 0) is 11.8 Å². The average Bonchev–Trinajstić information content (AvgIpc) is 2.53. The molecule has 1 aromatic heterocycles. The molecule has 0 aliphatic rings. The van der Waals surface area contributed by atoms with Gasteiger partial charge >= 0.3 is 0 Å². The number of nitrogens with zero attached hydrogens (tertiary/aromatic N) is 1. The summed E-state index contributed by atoms with van der Waals surface area (Å²) in [5.74, 6) is -1.19. The minimum atomic E-state index is -1.02. The molecule has 1 radical (unpaired) electrons. The number of hydrogen-bond donors (Lipinski definition) is 1. The van der Waals surface area contributed by atoms with Crippen LogP contribution in [-0.4, -0.2) is 23.5 Å². The minimum absolute atomic E-state index is 0. The van der Waals surface area contributed by atoms with Gasteiger partial charge in [-0.15, -0.1) is 5.38 Å². The van der Waals surface area contributed by atoms with Crippen molar-refractivity contribution in [2.45, 2.75) is 13.8 Å². The second kappa shape index (κ2) is 6.35. The number of rotatable bonds is 3. The van der Waals surface area contributed by atoms with Gasteiger partial charge in [-0.1, -0.05) is 5.69 Å². The molecule has 0 unspecified atom stereocenters. The van der Waals surface area contributed by atoms with Crippen LogP contribution in [0.15, 0.2) is 6.07 Å². The largest absolute Gasteiger partial charge is 0.487 e. The molecular formula is C9H10NO3SY-. The van der Waals surface area contributed by atoms with Crippen molar-refractivity contribution in [3.05, 3.63) is 16.3 Å². The third-order valence-electron chi connectivity index (χ3n) is 1.77. The van der Waals surface area contributed by atoms with Crippen molar-refractivity contribution < 1.29 is 47.4 Å². The molecule has 1 heterocycles. The van der Waals surface area contributed by atoms with Crippen molar-refractivity contribution in [3.8, 4) is 0 Å². The summed E-state index contributed by atoms with van der Waals surface area (Å²) in [6, 6.07) is 1.53. The van der Waals surface area contributed by atoms with Crippen LogP contribution in [0.5, 0.6) is 0 Å². The topological polar surface area (TPSA) is 57.6 Å². The number of anilines is 1. The van der Waals surface area contributed by atoms with E-state index in [1.807, 2.05) is 0 Å². The molecule has 4 nitrogen and oxygen atoms in total. The van der Waals surface area contributed by atoms with E-state index < -0.39 is 5.97 Å². The Morgan fingerprint density at radius 3 is 2.60 bits per heavy atom. The van der Waals surface area contributed by atoms with E-state index >= 15 is 0 Å². The fraction of sp³-hybridized carbons (Fsp3) is 0.333. The van der Waals surface area contributed by atoms with Crippen molar-refractivity contribution in [3.63, 3.8) is 0 Å². The van der Waals surface area contributed by atoms with Crippen LogP contribution in [0, 0.1) is 5.38 Å². The molecule has 1 amide bonds. The van der Waals surface area contributed by atoms with Gasteiger partial charge < -0.3 is 10.0 Å². The van der Waals surface area contributed by atoms with Crippen LogP contribution in [0.1, 0.15) is 23.5 Å². The molecule has 0 saturated carbocycles. The fourth-order valence-corrected chi connectivity index (χ4v) is 1.83. The second-order valence-electron chi connectivity index (χ2n) is 2.65. The van der Waals surface area contributed by atoms with Gasteiger partial charge in [0.1, 0.15) is 0 Å². The van der Waals surface area contributed by atoms with Crippen molar-refractivity contribution >= 4 is 28.9 Å². The Morgan fingerprint density at radius 1 is 1.60 bits per heavy atom. The van der Waals surface area contributed by atoms with Crippen LogP contribution in [-0.2, 0) is 37.5 Å². The van der Waals surface area contributed by atoms with E-state index in [1.165, 1.54) is 17.9 Å².